The first-order valence-corrected chi connectivity index (χ1v) is 9.90. The minimum atomic E-state index is -4.75. The SMILES string of the molecule is Cc1cc(C2(C(F)(F)F)CC(c3ccc4c(c3)C(C)(C)OB4O)=NO2)cc(Cl)c1Cl. The number of hydrogen-bond donors (Lipinski definition) is 1. The molecule has 2 aromatic carbocycles. The summed E-state index contributed by atoms with van der Waals surface area (Å²) in [4.78, 5) is 5.08. The van der Waals surface area contributed by atoms with Gasteiger partial charge in [-0.25, -0.2) is 0 Å². The number of hydrogen-bond acceptors (Lipinski definition) is 4. The topological polar surface area (TPSA) is 51.0 Å². The van der Waals surface area contributed by atoms with Gasteiger partial charge in [0.1, 0.15) is 0 Å². The van der Waals surface area contributed by atoms with Crippen LogP contribution in [0.2, 0.25) is 10.0 Å². The largest absolute Gasteiger partial charge is 0.492 e. The first kappa shape index (κ1) is 21.5. The third kappa shape index (κ3) is 3.21. The molecule has 0 amide bonds. The minimum absolute atomic E-state index is 0.0118. The summed E-state index contributed by atoms with van der Waals surface area (Å²) < 4.78 is 48.2. The molecule has 158 valence electrons. The Morgan fingerprint density at radius 3 is 2.50 bits per heavy atom. The van der Waals surface area contributed by atoms with Gasteiger partial charge in [0.05, 0.1) is 21.4 Å². The van der Waals surface area contributed by atoms with E-state index in [1.54, 1.807) is 39.0 Å². The molecule has 0 bridgehead atoms. The Balaban J connectivity index is 1.76. The second-order valence-corrected chi connectivity index (χ2v) is 8.79. The summed E-state index contributed by atoms with van der Waals surface area (Å²) in [7, 11) is -1.08. The van der Waals surface area contributed by atoms with Crippen molar-refractivity contribution < 1.29 is 27.7 Å². The molecule has 0 spiro atoms. The zero-order chi connectivity index (χ0) is 22.1. The summed E-state index contributed by atoms with van der Waals surface area (Å²) >= 11 is 12.1. The Kier molecular flexibility index (Phi) is 4.93. The maximum absolute atomic E-state index is 14.2. The molecule has 30 heavy (non-hydrogen) atoms. The minimum Gasteiger partial charge on any atom is -0.423 e. The Bertz CT molecular complexity index is 1050. The number of aryl methyl sites for hydroxylation is 1. The van der Waals surface area contributed by atoms with Gasteiger partial charge in [0.15, 0.2) is 0 Å². The molecule has 1 unspecified atom stereocenters. The van der Waals surface area contributed by atoms with E-state index in [1.165, 1.54) is 12.1 Å². The highest BCUT2D eigenvalue weighted by atomic mass is 35.5. The lowest BCUT2D eigenvalue weighted by molar-refractivity contribution is -0.275. The standard InChI is InChI=1S/C20H17BCl2F3NO3/c1-10-6-12(8-15(22)17(10)23)19(20(24,25)26)9-16(27-30-19)11-4-5-14-13(7-11)18(2,3)29-21(14)28/h4-8,28H,9H2,1-3H3. The van der Waals surface area contributed by atoms with Crippen LogP contribution in [0.5, 0.6) is 0 Å². The van der Waals surface area contributed by atoms with E-state index in [2.05, 4.69) is 5.16 Å². The quantitative estimate of drug-likeness (QED) is 0.656. The lowest BCUT2D eigenvalue weighted by Crippen LogP contribution is -2.42. The molecule has 4 rings (SSSR count). The van der Waals surface area contributed by atoms with E-state index in [0.29, 0.717) is 22.2 Å². The van der Waals surface area contributed by atoms with Gasteiger partial charge >= 0.3 is 13.3 Å². The summed E-state index contributed by atoms with van der Waals surface area (Å²) in [6.45, 7) is 5.13. The van der Waals surface area contributed by atoms with Crippen LogP contribution in [-0.2, 0) is 20.7 Å². The van der Waals surface area contributed by atoms with Gasteiger partial charge in [-0.15, -0.1) is 0 Å². The first-order valence-electron chi connectivity index (χ1n) is 9.14. The summed E-state index contributed by atoms with van der Waals surface area (Å²) in [5.74, 6) is 0. The van der Waals surface area contributed by atoms with E-state index in [-0.39, 0.29) is 21.3 Å². The van der Waals surface area contributed by atoms with E-state index in [9.17, 15) is 18.2 Å². The molecule has 2 aromatic rings. The smallest absolute Gasteiger partial charge is 0.423 e. The molecule has 0 fully saturated rings. The summed E-state index contributed by atoms with van der Waals surface area (Å²) in [5, 5.41) is 14.0. The van der Waals surface area contributed by atoms with Crippen LogP contribution in [0, 0.1) is 6.92 Å². The van der Waals surface area contributed by atoms with Crippen molar-refractivity contribution in [2.24, 2.45) is 5.16 Å². The number of rotatable bonds is 2. The van der Waals surface area contributed by atoms with Gasteiger partial charge in [0.25, 0.3) is 5.60 Å². The highest BCUT2D eigenvalue weighted by molar-refractivity contribution is 6.62. The molecule has 0 aliphatic carbocycles. The number of alkyl halides is 3. The Hall–Kier alpha value is -1.74. The van der Waals surface area contributed by atoms with Crippen molar-refractivity contribution in [3.63, 3.8) is 0 Å². The predicted molar refractivity (Wildman–Crippen MR) is 109 cm³/mol. The Morgan fingerprint density at radius 2 is 1.87 bits per heavy atom. The zero-order valence-electron chi connectivity index (χ0n) is 16.3. The van der Waals surface area contributed by atoms with E-state index in [0.717, 1.165) is 0 Å². The molecule has 0 aromatic heterocycles. The van der Waals surface area contributed by atoms with Gasteiger partial charge in [-0.2, -0.15) is 13.2 Å². The third-order valence-electron chi connectivity index (χ3n) is 5.57. The molecular weight excluding hydrogens is 441 g/mol. The molecule has 1 atom stereocenters. The monoisotopic (exact) mass is 457 g/mol. The Labute approximate surface area is 181 Å². The third-order valence-corrected chi connectivity index (χ3v) is 6.47. The summed E-state index contributed by atoms with van der Waals surface area (Å²) in [6.07, 6.45) is -5.28. The lowest BCUT2D eigenvalue weighted by atomic mass is 9.77. The molecule has 10 heteroatoms. The van der Waals surface area contributed by atoms with Crippen LogP contribution in [0.1, 0.15) is 42.5 Å². The average Bonchev–Trinajstić information content (AvgIpc) is 3.20. The van der Waals surface area contributed by atoms with Crippen molar-refractivity contribution in [3.05, 3.63) is 62.6 Å². The van der Waals surface area contributed by atoms with E-state index in [1.807, 2.05) is 0 Å². The van der Waals surface area contributed by atoms with Crippen LogP contribution in [0.15, 0.2) is 35.5 Å². The van der Waals surface area contributed by atoms with Crippen LogP contribution >= 0.6 is 23.2 Å². The maximum Gasteiger partial charge on any atom is 0.492 e. The fourth-order valence-electron chi connectivity index (χ4n) is 3.90. The fourth-order valence-corrected chi connectivity index (χ4v) is 4.27. The predicted octanol–water partition coefficient (Wildman–Crippen LogP) is 4.84. The van der Waals surface area contributed by atoms with Gasteiger partial charge in [-0.05, 0) is 55.1 Å². The second-order valence-electron chi connectivity index (χ2n) is 8.00. The van der Waals surface area contributed by atoms with Crippen LogP contribution in [0.25, 0.3) is 0 Å². The molecule has 1 N–H and O–H groups in total. The maximum atomic E-state index is 14.2. The lowest BCUT2D eigenvalue weighted by Gasteiger charge is -2.30. The molecule has 2 aliphatic heterocycles. The fraction of sp³-hybridized carbons (Fsp3) is 0.350. The van der Waals surface area contributed by atoms with Gasteiger partial charge in [-0.3, -0.25) is 0 Å². The van der Waals surface area contributed by atoms with Crippen LogP contribution < -0.4 is 5.46 Å². The van der Waals surface area contributed by atoms with Gasteiger partial charge < -0.3 is 14.5 Å². The average molecular weight is 458 g/mol. The van der Waals surface area contributed by atoms with Crippen molar-refractivity contribution in [2.45, 2.75) is 44.6 Å². The number of nitrogens with zero attached hydrogens (tertiary/aromatic N) is 1. The van der Waals surface area contributed by atoms with Crippen molar-refractivity contribution in [2.75, 3.05) is 0 Å². The highest BCUT2D eigenvalue weighted by Crippen LogP contribution is 2.50. The Morgan fingerprint density at radius 1 is 1.17 bits per heavy atom. The normalized spacial score (nSPS) is 22.7. The molecule has 2 aliphatic rings. The zero-order valence-corrected chi connectivity index (χ0v) is 17.8. The van der Waals surface area contributed by atoms with Crippen molar-refractivity contribution in [1.82, 2.24) is 0 Å². The highest BCUT2D eigenvalue weighted by Gasteiger charge is 2.62. The van der Waals surface area contributed by atoms with Gasteiger partial charge in [0, 0.05) is 12.0 Å². The summed E-state index contributed by atoms with van der Waals surface area (Å²) in [6, 6.07) is 7.39. The molecule has 0 saturated carbocycles. The second kappa shape index (κ2) is 6.89. The first-order chi connectivity index (χ1) is 13.9. The van der Waals surface area contributed by atoms with Crippen molar-refractivity contribution in [3.8, 4) is 0 Å². The van der Waals surface area contributed by atoms with E-state index in [4.69, 9.17) is 32.7 Å². The van der Waals surface area contributed by atoms with Gasteiger partial charge in [-0.1, -0.05) is 46.6 Å². The van der Waals surface area contributed by atoms with Crippen molar-refractivity contribution in [1.29, 1.82) is 0 Å². The number of halogens is 5. The van der Waals surface area contributed by atoms with E-state index < -0.39 is 30.9 Å². The molecule has 4 nitrogen and oxygen atoms in total. The molecule has 2 heterocycles. The van der Waals surface area contributed by atoms with Crippen molar-refractivity contribution >= 4 is 41.5 Å². The number of benzene rings is 2. The van der Waals surface area contributed by atoms with Gasteiger partial charge in [0.2, 0.25) is 0 Å². The summed E-state index contributed by atoms with van der Waals surface area (Å²) in [5.41, 5.74) is -1.36. The van der Waals surface area contributed by atoms with Crippen LogP contribution in [0.4, 0.5) is 13.2 Å². The van der Waals surface area contributed by atoms with Crippen LogP contribution in [0.3, 0.4) is 0 Å². The molecule has 0 radical (unpaired) electrons. The molecular formula is C20H17BCl2F3NO3. The number of oxime groups is 1. The number of fused-ring (bicyclic) bond motifs is 1. The van der Waals surface area contributed by atoms with Crippen LogP contribution in [-0.4, -0.2) is 24.0 Å². The van der Waals surface area contributed by atoms with E-state index >= 15 is 0 Å². The molecule has 0 saturated heterocycles.